The Hall–Kier alpha value is -0.340. The van der Waals surface area contributed by atoms with Crippen LogP contribution < -0.4 is 11.5 Å². The smallest absolute Gasteiger partial charge is 0.0223 e. The predicted octanol–water partition coefficient (Wildman–Crippen LogP) is 2.58. The summed E-state index contributed by atoms with van der Waals surface area (Å²) in [7, 11) is 0. The molecule has 0 amide bonds. The van der Waals surface area contributed by atoms with Crippen LogP contribution >= 0.6 is 0 Å². The lowest BCUT2D eigenvalue weighted by Gasteiger charge is -2.05. The van der Waals surface area contributed by atoms with Gasteiger partial charge in [0.2, 0.25) is 0 Å². The number of rotatable bonds is 9. The van der Waals surface area contributed by atoms with Gasteiger partial charge in [-0.05, 0) is 25.8 Å². The summed E-state index contributed by atoms with van der Waals surface area (Å²) in [4.78, 5) is 0. The molecule has 14 heavy (non-hydrogen) atoms. The predicted molar refractivity (Wildman–Crippen MR) is 64.2 cm³/mol. The summed E-state index contributed by atoms with van der Waals surface area (Å²) >= 11 is 0. The van der Waals surface area contributed by atoms with Crippen LogP contribution in [-0.4, -0.2) is 12.6 Å². The first kappa shape index (κ1) is 13.7. The molecule has 0 bridgehead atoms. The molecule has 1 atom stereocenters. The summed E-state index contributed by atoms with van der Waals surface area (Å²) < 4.78 is 0. The highest BCUT2D eigenvalue weighted by Gasteiger charge is 1.96. The van der Waals surface area contributed by atoms with Crippen molar-refractivity contribution in [2.45, 2.75) is 57.9 Å². The van der Waals surface area contributed by atoms with E-state index in [0.29, 0.717) is 0 Å². The fraction of sp³-hybridized carbons (Fsp3) is 0.833. The molecule has 0 saturated carbocycles. The van der Waals surface area contributed by atoms with Crippen LogP contribution in [0.2, 0.25) is 0 Å². The second-order valence-corrected chi connectivity index (χ2v) is 3.87. The van der Waals surface area contributed by atoms with E-state index in [0.717, 1.165) is 19.4 Å². The first-order valence-corrected chi connectivity index (χ1v) is 5.93. The van der Waals surface area contributed by atoms with Crippen molar-refractivity contribution in [1.29, 1.82) is 0 Å². The zero-order valence-electron chi connectivity index (χ0n) is 9.54. The lowest BCUT2D eigenvalue weighted by Crippen LogP contribution is -2.16. The Morgan fingerprint density at radius 2 is 1.93 bits per heavy atom. The van der Waals surface area contributed by atoms with Crippen LogP contribution in [0.1, 0.15) is 51.9 Å². The molecule has 0 aromatic heterocycles. The molecule has 0 aromatic carbocycles. The highest BCUT2D eigenvalue weighted by molar-refractivity contribution is 4.90. The van der Waals surface area contributed by atoms with Gasteiger partial charge < -0.3 is 11.5 Å². The Bertz CT molecular complexity index is 132. The summed E-state index contributed by atoms with van der Waals surface area (Å²) in [5, 5.41) is 0. The van der Waals surface area contributed by atoms with E-state index >= 15 is 0 Å². The molecule has 0 saturated heterocycles. The molecule has 1 unspecified atom stereocenters. The van der Waals surface area contributed by atoms with Gasteiger partial charge in [0.15, 0.2) is 0 Å². The van der Waals surface area contributed by atoms with Crippen LogP contribution in [0, 0.1) is 0 Å². The zero-order chi connectivity index (χ0) is 10.6. The van der Waals surface area contributed by atoms with Crippen LogP contribution in [0.5, 0.6) is 0 Å². The lowest BCUT2D eigenvalue weighted by molar-refractivity contribution is 0.608. The van der Waals surface area contributed by atoms with E-state index in [2.05, 4.69) is 19.1 Å². The molecular weight excluding hydrogens is 172 g/mol. The van der Waals surface area contributed by atoms with Crippen molar-refractivity contribution >= 4 is 0 Å². The lowest BCUT2D eigenvalue weighted by atomic mass is 10.1. The summed E-state index contributed by atoms with van der Waals surface area (Å²) in [6, 6.07) is 0.254. The maximum atomic E-state index is 5.92. The van der Waals surface area contributed by atoms with E-state index in [9.17, 15) is 0 Å². The minimum Gasteiger partial charge on any atom is -0.330 e. The third-order valence-corrected chi connectivity index (χ3v) is 2.35. The van der Waals surface area contributed by atoms with E-state index < -0.39 is 0 Å². The molecule has 2 nitrogen and oxygen atoms in total. The van der Waals surface area contributed by atoms with Crippen LogP contribution in [-0.2, 0) is 0 Å². The van der Waals surface area contributed by atoms with E-state index in [1.807, 2.05) is 0 Å². The van der Waals surface area contributed by atoms with Gasteiger partial charge in [0, 0.05) is 6.04 Å². The van der Waals surface area contributed by atoms with Gasteiger partial charge in [-0.3, -0.25) is 0 Å². The Balaban J connectivity index is 3.26. The molecule has 0 rings (SSSR count). The largest absolute Gasteiger partial charge is 0.330 e. The minimum atomic E-state index is 0.254. The number of unbranched alkanes of at least 4 members (excludes halogenated alkanes) is 4. The number of hydrogen-bond donors (Lipinski definition) is 2. The van der Waals surface area contributed by atoms with Crippen LogP contribution in [0.4, 0.5) is 0 Å². The van der Waals surface area contributed by atoms with Gasteiger partial charge in [-0.1, -0.05) is 44.8 Å². The molecule has 0 aliphatic rings. The summed E-state index contributed by atoms with van der Waals surface area (Å²) in [5.74, 6) is 0. The fourth-order valence-corrected chi connectivity index (χ4v) is 1.39. The molecule has 2 heteroatoms. The first-order valence-electron chi connectivity index (χ1n) is 5.93. The molecule has 84 valence electrons. The van der Waals surface area contributed by atoms with Crippen LogP contribution in [0.3, 0.4) is 0 Å². The molecule has 4 N–H and O–H groups in total. The van der Waals surface area contributed by atoms with Crippen molar-refractivity contribution in [3.63, 3.8) is 0 Å². The quantitative estimate of drug-likeness (QED) is 0.442. The van der Waals surface area contributed by atoms with E-state index in [4.69, 9.17) is 11.5 Å². The minimum absolute atomic E-state index is 0.254. The summed E-state index contributed by atoms with van der Waals surface area (Å²) in [6.07, 6.45) is 12.7. The van der Waals surface area contributed by atoms with E-state index in [1.165, 1.54) is 32.1 Å². The standard InChI is InChI=1S/C12H26N2/c1-2-3-4-6-9-12(14)10-7-5-8-11-13/h6,9,12H,2-5,7-8,10-11,13-14H2,1H3/b9-6+. The van der Waals surface area contributed by atoms with Crippen molar-refractivity contribution in [3.8, 4) is 0 Å². The maximum absolute atomic E-state index is 5.92. The Labute approximate surface area is 88.7 Å². The molecule has 0 spiro atoms. The highest BCUT2D eigenvalue weighted by Crippen LogP contribution is 2.03. The zero-order valence-corrected chi connectivity index (χ0v) is 9.54. The summed E-state index contributed by atoms with van der Waals surface area (Å²) in [5.41, 5.74) is 11.3. The number of allylic oxidation sites excluding steroid dienone is 1. The first-order chi connectivity index (χ1) is 6.81. The van der Waals surface area contributed by atoms with Crippen LogP contribution in [0.25, 0.3) is 0 Å². The molecular formula is C12H26N2. The summed E-state index contributed by atoms with van der Waals surface area (Å²) in [6.45, 7) is 3.02. The molecule has 0 aliphatic carbocycles. The molecule has 0 aromatic rings. The fourth-order valence-electron chi connectivity index (χ4n) is 1.39. The van der Waals surface area contributed by atoms with Gasteiger partial charge >= 0.3 is 0 Å². The second kappa shape index (κ2) is 10.7. The van der Waals surface area contributed by atoms with Crippen molar-refractivity contribution < 1.29 is 0 Å². The van der Waals surface area contributed by atoms with Gasteiger partial charge in [-0.15, -0.1) is 0 Å². The Kier molecular flexibility index (Phi) is 10.5. The SMILES string of the molecule is CCCC/C=C/C(N)CCCCCN. The van der Waals surface area contributed by atoms with Crippen molar-refractivity contribution in [3.05, 3.63) is 12.2 Å². The molecule has 0 aliphatic heterocycles. The Morgan fingerprint density at radius 3 is 2.57 bits per heavy atom. The van der Waals surface area contributed by atoms with E-state index in [-0.39, 0.29) is 6.04 Å². The maximum Gasteiger partial charge on any atom is 0.0223 e. The molecule has 0 heterocycles. The second-order valence-electron chi connectivity index (χ2n) is 3.87. The van der Waals surface area contributed by atoms with Crippen LogP contribution in [0.15, 0.2) is 12.2 Å². The average Bonchev–Trinajstić information content (AvgIpc) is 2.19. The number of hydrogen-bond acceptors (Lipinski definition) is 2. The van der Waals surface area contributed by atoms with Crippen molar-refractivity contribution in [2.75, 3.05) is 6.54 Å². The van der Waals surface area contributed by atoms with Crippen molar-refractivity contribution in [2.24, 2.45) is 11.5 Å². The van der Waals surface area contributed by atoms with Gasteiger partial charge in [0.25, 0.3) is 0 Å². The topological polar surface area (TPSA) is 52.0 Å². The third-order valence-electron chi connectivity index (χ3n) is 2.35. The molecule has 0 fully saturated rings. The highest BCUT2D eigenvalue weighted by atomic mass is 14.6. The third kappa shape index (κ3) is 9.75. The van der Waals surface area contributed by atoms with Crippen molar-refractivity contribution in [1.82, 2.24) is 0 Å². The normalized spacial score (nSPS) is 13.6. The monoisotopic (exact) mass is 198 g/mol. The van der Waals surface area contributed by atoms with Gasteiger partial charge in [-0.2, -0.15) is 0 Å². The van der Waals surface area contributed by atoms with Gasteiger partial charge in [-0.25, -0.2) is 0 Å². The molecule has 0 radical (unpaired) electrons. The van der Waals surface area contributed by atoms with Gasteiger partial charge in [0.1, 0.15) is 0 Å². The van der Waals surface area contributed by atoms with E-state index in [1.54, 1.807) is 0 Å². The average molecular weight is 198 g/mol. The van der Waals surface area contributed by atoms with Gasteiger partial charge in [0.05, 0.1) is 0 Å². The number of nitrogens with two attached hydrogens (primary N) is 2. The Morgan fingerprint density at radius 1 is 1.14 bits per heavy atom.